The molecule has 0 N–H and O–H groups in total. The van der Waals surface area contributed by atoms with Crippen LogP contribution in [-0.2, 0) is 25.8 Å². The number of rotatable bonds is 3. The van der Waals surface area contributed by atoms with Crippen LogP contribution in [0.25, 0.3) is 10.9 Å². The predicted molar refractivity (Wildman–Crippen MR) is 99.4 cm³/mol. The molecule has 0 radical (unpaired) electrons. The second-order valence-corrected chi connectivity index (χ2v) is 5.33. The molecule has 3 heterocycles. The van der Waals surface area contributed by atoms with Crippen LogP contribution in [0.3, 0.4) is 0 Å². The Balaban J connectivity index is 2.10. The van der Waals surface area contributed by atoms with Crippen molar-refractivity contribution >= 4 is 10.9 Å². The van der Waals surface area contributed by atoms with Gasteiger partial charge in [-0.2, -0.15) is 0 Å². The van der Waals surface area contributed by atoms with Gasteiger partial charge in [-0.3, -0.25) is 4.98 Å². The van der Waals surface area contributed by atoms with E-state index in [-0.39, 0.29) is 21.5 Å². The second kappa shape index (κ2) is 6.06. The summed E-state index contributed by atoms with van der Waals surface area (Å²) in [4.78, 5) is 3.43. The summed E-state index contributed by atoms with van der Waals surface area (Å²) in [6, 6.07) is -2.95. The molecule has 1 aromatic carbocycles. The third-order valence-corrected chi connectivity index (χ3v) is 3.67. The van der Waals surface area contributed by atoms with Gasteiger partial charge in [-0.05, 0) is 56.4 Å². The van der Waals surface area contributed by atoms with E-state index in [1.165, 1.54) is 6.92 Å². The highest BCUT2D eigenvalue weighted by Gasteiger charge is 2.22. The maximum absolute atomic E-state index is 8.79. The van der Waals surface area contributed by atoms with Crippen LogP contribution in [0.5, 0.6) is 0 Å². The number of pyridine rings is 1. The third-order valence-electron chi connectivity index (χ3n) is 3.67. The van der Waals surface area contributed by atoms with Crippen LogP contribution in [0.1, 0.15) is 52.8 Å². The molecule has 0 bridgehead atoms. The summed E-state index contributed by atoms with van der Waals surface area (Å²) in [5.74, 6) is 0. The van der Waals surface area contributed by atoms with Crippen LogP contribution in [-0.4, -0.2) is 27.9 Å². The molecule has 0 unspecified atom stereocenters. The summed E-state index contributed by atoms with van der Waals surface area (Å²) < 4.78 is 149. The molecule has 124 valence electrons. The number of aromatic nitrogens is 2. The lowest BCUT2D eigenvalue weighted by Crippen LogP contribution is -2.27. The summed E-state index contributed by atoms with van der Waals surface area (Å²) in [7, 11) is 0. The first kappa shape index (κ1) is 5.18. The summed E-state index contributed by atoms with van der Waals surface area (Å²) in [6.07, 6.45) is -4.37. The second-order valence-electron chi connectivity index (χ2n) is 5.33. The molecule has 2 aromatic heterocycles. The largest absolute Gasteiger partial charge is 0.344 e. The van der Waals surface area contributed by atoms with E-state index < -0.39 is 105 Å². The van der Waals surface area contributed by atoms with E-state index in [1.54, 1.807) is 0 Å². The Kier molecular flexibility index (Phi) is 1.31. The highest BCUT2D eigenvalue weighted by Crippen LogP contribution is 2.31. The van der Waals surface area contributed by atoms with Crippen molar-refractivity contribution in [2.45, 2.75) is 39.6 Å². The fourth-order valence-corrected chi connectivity index (χ4v) is 2.61. The molecule has 1 aliphatic rings. The number of aryl methyl sites for hydroxylation is 2. The molecule has 0 fully saturated rings. The van der Waals surface area contributed by atoms with Crippen LogP contribution in [0.15, 0.2) is 36.4 Å². The highest BCUT2D eigenvalue weighted by molar-refractivity contribution is 5.86. The van der Waals surface area contributed by atoms with E-state index in [9.17, 15) is 0 Å². The zero-order chi connectivity index (χ0) is 32.3. The zero-order valence-corrected chi connectivity index (χ0v) is 12.8. The van der Waals surface area contributed by atoms with Gasteiger partial charge >= 0.3 is 0 Å². The Hall–Kier alpha value is -2.13. The monoisotopic (exact) mass is 337 g/mol. The van der Waals surface area contributed by atoms with Crippen molar-refractivity contribution in [3.8, 4) is 0 Å². The number of hydrogen-bond donors (Lipinski definition) is 0. The van der Waals surface area contributed by atoms with Crippen LogP contribution < -0.4 is 0 Å². The van der Waals surface area contributed by atoms with Gasteiger partial charge < -0.3 is 9.47 Å². The molecule has 0 saturated heterocycles. The van der Waals surface area contributed by atoms with Crippen molar-refractivity contribution in [2.24, 2.45) is 0 Å². The van der Waals surface area contributed by atoms with Gasteiger partial charge in [0.25, 0.3) is 0 Å². The molecule has 1 aliphatic heterocycles. The van der Waals surface area contributed by atoms with Crippen LogP contribution in [0, 0.1) is 13.8 Å². The van der Waals surface area contributed by atoms with Crippen LogP contribution in [0.2, 0.25) is 0 Å². The molecule has 3 aromatic rings. The van der Waals surface area contributed by atoms with Gasteiger partial charge in [0.2, 0.25) is 0 Å². The molecule has 3 nitrogen and oxygen atoms in total. The molecule has 0 atom stereocenters. The third kappa shape index (κ3) is 2.73. The first-order valence-electron chi connectivity index (χ1n) is 16.2. The van der Waals surface area contributed by atoms with Gasteiger partial charge in [0.15, 0.2) is 0 Å². The van der Waals surface area contributed by atoms with Crippen molar-refractivity contribution < 1.29 is 24.7 Å². The lowest BCUT2D eigenvalue weighted by Gasteiger charge is -2.24. The molecule has 4 rings (SSSR count). The lowest BCUT2D eigenvalue weighted by molar-refractivity contribution is 0.309. The minimum atomic E-state index is -3.51. The maximum atomic E-state index is 8.79. The Labute approximate surface area is 169 Å². The van der Waals surface area contributed by atoms with Crippen molar-refractivity contribution in [1.29, 1.82) is 0 Å². The van der Waals surface area contributed by atoms with Crippen LogP contribution in [0.4, 0.5) is 0 Å². The maximum Gasteiger partial charge on any atom is 0.0843 e. The van der Waals surface area contributed by atoms with Gasteiger partial charge in [-0.1, -0.05) is 17.6 Å². The average Bonchev–Trinajstić information content (AvgIpc) is 3.17. The predicted octanol–water partition coefficient (Wildman–Crippen LogP) is 3.88. The number of likely N-dealkylation sites (N-methyl/N-ethyl adjacent to an activating group) is 1. The number of benzene rings is 1. The summed E-state index contributed by atoms with van der Waals surface area (Å²) in [6.45, 7) is -12.3. The minimum absolute atomic E-state index is 0.0805. The smallest absolute Gasteiger partial charge is 0.0843 e. The van der Waals surface area contributed by atoms with E-state index in [4.69, 9.17) is 24.7 Å². The topological polar surface area (TPSA) is 21.1 Å². The molecular weight excluding hydrogens is 294 g/mol. The fraction of sp³-hybridized carbons (Fsp3) is 0.381. The summed E-state index contributed by atoms with van der Waals surface area (Å²) in [5, 5.41) is -0.392. The normalized spacial score (nSPS) is 33.2. The summed E-state index contributed by atoms with van der Waals surface area (Å²) in [5.41, 5.74) is -2.88. The van der Waals surface area contributed by atoms with E-state index in [0.29, 0.717) is 0 Å². The van der Waals surface area contributed by atoms with Gasteiger partial charge in [0, 0.05) is 70.8 Å². The Bertz CT molecular complexity index is 1610. The standard InChI is InChI=1S/C21H25N3/c1-15-4-7-20-18(12-15)19-14-23(3)10-9-21(19)24(20)11-8-17-6-5-16(2)22-13-17/h4-7,12-13H,8-11,14H2,1-3H3/i2D3,3D3,4D,5D,6D,7D,9D2,10D2,12D,13D,14D2. The SMILES string of the molecule is [2H]c1nc(C([2H])([2H])[2H])c([2H])c([2H])c1CCn1c2c(c3c([2H])c(C)c([2H])c([2H])c31)C([2H])([2H])N(C([2H])([2H])[2H])C([2H])([2H])C2([2H])[2H]. The number of hydrogen-bond acceptors (Lipinski definition) is 2. The molecule has 0 aliphatic carbocycles. The van der Waals surface area contributed by atoms with E-state index in [2.05, 4.69) is 4.98 Å². The van der Waals surface area contributed by atoms with Crippen molar-refractivity contribution in [3.05, 3.63) is 64.5 Å². The quantitative estimate of drug-likeness (QED) is 0.723. The Morgan fingerprint density at radius 3 is 3.17 bits per heavy atom. The van der Waals surface area contributed by atoms with E-state index in [1.807, 2.05) is 0 Å². The number of fused-ring (bicyclic) bond motifs is 3. The lowest BCUT2D eigenvalue weighted by atomic mass is 10.0. The van der Waals surface area contributed by atoms with E-state index in [0.717, 1.165) is 4.57 Å². The molecule has 0 amide bonds. The van der Waals surface area contributed by atoms with Gasteiger partial charge in [-0.15, -0.1) is 0 Å². The highest BCUT2D eigenvalue weighted by atomic mass is 15.1. The van der Waals surface area contributed by atoms with Gasteiger partial charge in [-0.25, -0.2) is 0 Å². The van der Waals surface area contributed by atoms with Crippen LogP contribution >= 0.6 is 0 Å². The minimum Gasteiger partial charge on any atom is -0.344 e. The van der Waals surface area contributed by atoms with E-state index >= 15 is 0 Å². The number of nitrogens with zero attached hydrogens (tertiary/aromatic N) is 3. The first-order valence-corrected chi connectivity index (χ1v) is 7.24. The molecular formula is C21H25N3. The van der Waals surface area contributed by atoms with Gasteiger partial charge in [0.1, 0.15) is 0 Å². The first-order chi connectivity index (χ1) is 18.8. The Morgan fingerprint density at radius 2 is 2.29 bits per heavy atom. The average molecular weight is 338 g/mol. The fourth-order valence-electron chi connectivity index (χ4n) is 2.61. The summed E-state index contributed by atoms with van der Waals surface area (Å²) >= 11 is 0. The van der Waals surface area contributed by atoms with Crippen molar-refractivity contribution in [1.82, 2.24) is 14.5 Å². The molecule has 24 heavy (non-hydrogen) atoms. The van der Waals surface area contributed by atoms with Gasteiger partial charge in [0.05, 0.1) is 8.22 Å². The zero-order valence-electron chi connectivity index (χ0n) is 30.8. The molecule has 3 heteroatoms. The Morgan fingerprint density at radius 1 is 1.33 bits per heavy atom. The molecule has 0 saturated carbocycles. The van der Waals surface area contributed by atoms with Crippen molar-refractivity contribution in [3.63, 3.8) is 0 Å². The van der Waals surface area contributed by atoms with Crippen molar-refractivity contribution in [2.75, 3.05) is 13.5 Å². The molecule has 0 spiro atoms.